The van der Waals surface area contributed by atoms with Crippen molar-refractivity contribution >= 4 is 140 Å². The first-order valence-corrected chi connectivity index (χ1v) is 39.9. The van der Waals surface area contributed by atoms with Crippen LogP contribution in [0, 0.1) is 6.92 Å². The summed E-state index contributed by atoms with van der Waals surface area (Å²) in [7, 11) is -49.9. The number of ketones is 2. The Morgan fingerprint density at radius 3 is 1.30 bits per heavy atom. The summed E-state index contributed by atoms with van der Waals surface area (Å²) in [5.74, 6) is -1.93. The highest BCUT2D eigenvalue weighted by molar-refractivity contribution is 8.01. The summed E-state index contributed by atoms with van der Waals surface area (Å²) >= 11 is 2.35. The Hall–Kier alpha value is -1.85. The zero-order valence-electron chi connectivity index (χ0n) is 44.7. The number of H-pyrrole nitrogens is 1. The third-order valence-electron chi connectivity index (χ3n) is 11.3. The highest BCUT2D eigenvalue weighted by Crippen LogP contribution is 2.69. The number of carbonyl (C=O) groups excluding carboxylic acids is 4. The van der Waals surface area contributed by atoms with Crippen molar-refractivity contribution in [2.24, 2.45) is 0 Å². The van der Waals surface area contributed by atoms with Crippen LogP contribution in [0.4, 0.5) is 0 Å². The fraction of sp³-hybridized carbons (Fsp3) is 0.606. The molecule has 2 amide bonds. The maximum atomic E-state index is 12.1. The van der Waals surface area contributed by atoms with Crippen LogP contribution in [-0.2, 0) is 99.7 Å². The predicted molar refractivity (Wildman–Crippen MR) is 302 cm³/mol. The summed E-state index contributed by atoms with van der Waals surface area (Å²) in [6.45, 7) is 0.206. The van der Waals surface area contributed by atoms with Crippen molar-refractivity contribution in [3.05, 3.63) is 47.1 Å². The van der Waals surface area contributed by atoms with E-state index in [0.717, 1.165) is 69.6 Å². The highest BCUT2D eigenvalue weighted by Gasteiger charge is 2.56. The third-order valence-corrected chi connectivity index (χ3v) is 27.5. The normalized spacial score (nSPS) is 31.0. The number of nitrogens with one attached hydrogen (secondary N) is 1. The third kappa shape index (κ3) is 24.0. The van der Waals surface area contributed by atoms with E-state index in [4.69, 9.17) is 44.0 Å². The van der Waals surface area contributed by atoms with Gasteiger partial charge < -0.3 is 104 Å². The van der Waals surface area contributed by atoms with Gasteiger partial charge in [-0.25, -0.2) is 51.1 Å². The van der Waals surface area contributed by atoms with Gasteiger partial charge in [0.05, 0.1) is 73.1 Å². The van der Waals surface area contributed by atoms with Crippen LogP contribution in [0.15, 0.2) is 35.7 Å². The molecule has 0 radical (unpaired) electrons. The molecule has 59 heteroatoms. The Balaban J connectivity index is 0.000000293. The zero-order chi connectivity index (χ0) is 69.4. The number of thioether (sulfide) groups is 3. The molecule has 7 heterocycles. The molecule has 0 bridgehead atoms. The summed E-state index contributed by atoms with van der Waals surface area (Å²) in [4.78, 5) is 178. The molecule has 19 N–H and O–H groups in total. The lowest BCUT2D eigenvalue weighted by Crippen LogP contribution is -2.53. The fourth-order valence-corrected chi connectivity index (χ4v) is 21.7. The summed E-state index contributed by atoms with van der Waals surface area (Å²) < 4.78 is 137. The van der Waals surface area contributed by atoms with E-state index in [9.17, 15) is 110 Å². The number of phosphoric acid groups is 9. The number of aliphatic hydroxyl groups excluding tert-OH is 5. The Morgan fingerprint density at radius 2 is 0.913 bits per heavy atom. The molecule has 0 aliphatic carbocycles. The number of phosphoric ester groups is 3. The van der Waals surface area contributed by atoms with Crippen LogP contribution in [0.5, 0.6) is 0 Å². The average Bonchev–Trinajstić information content (AvgIpc) is 1.62. The molecule has 7 rings (SSSR count). The topological polar surface area (TPSA) is 739 Å². The molecule has 0 spiro atoms. The molecular weight excluding hydrogens is 1510 g/mol. The minimum absolute atomic E-state index is 0. The van der Waals surface area contributed by atoms with E-state index in [-0.39, 0.29) is 24.4 Å². The molecule has 3 saturated heterocycles. The van der Waals surface area contributed by atoms with E-state index in [0.29, 0.717) is 0 Å². The van der Waals surface area contributed by atoms with Crippen molar-refractivity contribution in [1.29, 1.82) is 0 Å². The second kappa shape index (κ2) is 31.1. The number of nitrogens with zero attached hydrogens (tertiary/aromatic N) is 5. The standard InChI is InChI=1S/C11H17N4O13P3S.C11H18NO14P3S.C10H16NO14P3S.CH4/c1-4-13-9-6(10(18)14-4)12-3-15(9)11-8(17)7(16)5(32-11)2-26-30(22,23)28-31(24,25)27-29(19,20)21;1-11(16)9(15)7(30-10(11)12-3-2-6(13)4-8(12)14)5-24-28(20,21)26-29(22,23)25-27(17,18)19;12-5-1-2-11(7(13)3-5)10-9(15)8(14)6(29-10)4-23-27(19,20)25-28(21,22)24-26(16,17)18;/h3,5,7-8,11,16-17H,2H2,1H3,(H,22,23)(H,24,25)(H,13,14,18)(H2,19,20,21);2-3,7,9-10,15-16H,4-5H2,1H3,(H,20,21)(H,22,23)(H2,17,18,19);1-2,6,8-10,14-15H,3-4H2,(H,19,20)(H,21,22)(H2,16,17,18);1H4/t5-,7-,8-,11-;7-,9-,10-,11-;6-,8-,9-,10-;/m111./s1. The Bertz CT molecular complexity index is 3670. The summed E-state index contributed by atoms with van der Waals surface area (Å²) in [6, 6.07) is 0. The second-order valence-corrected chi connectivity index (χ2v) is 35.8. The summed E-state index contributed by atoms with van der Waals surface area (Å²) in [5, 5.41) is 55.3. The number of aliphatic hydroxyl groups is 6. The molecule has 5 aliphatic heterocycles. The second-order valence-electron chi connectivity index (χ2n) is 18.4. The Labute approximate surface area is 525 Å². The molecule has 47 nitrogen and oxygen atoms in total. The first kappa shape index (κ1) is 82.6. The van der Waals surface area contributed by atoms with Crippen LogP contribution in [-0.4, -0.2) is 224 Å². The first-order valence-electron chi connectivity index (χ1n) is 23.5. The van der Waals surface area contributed by atoms with E-state index < -0.39 is 200 Å². The van der Waals surface area contributed by atoms with E-state index >= 15 is 0 Å². The largest absolute Gasteiger partial charge is 0.490 e. The molecule has 0 saturated carbocycles. The number of aryl methyl sites for hydroxylation is 1. The van der Waals surface area contributed by atoms with Crippen LogP contribution in [0.2, 0.25) is 0 Å². The quantitative estimate of drug-likeness (QED) is 0.0390. The number of imidazole rings is 1. The zero-order valence-corrected chi connectivity index (χ0v) is 55.2. The van der Waals surface area contributed by atoms with Crippen LogP contribution in [0.1, 0.15) is 38.4 Å². The lowest BCUT2D eigenvalue weighted by atomic mass is 9.95. The van der Waals surface area contributed by atoms with Crippen molar-refractivity contribution in [2.75, 3.05) is 19.8 Å². The van der Waals surface area contributed by atoms with Gasteiger partial charge >= 0.3 is 70.4 Å². The van der Waals surface area contributed by atoms with Gasteiger partial charge in [-0.1, -0.05) is 7.43 Å². The SMILES string of the molecule is C.C[C@@]1(O)[C@H](O)[C@@H](COP(=O)(O)OP(=O)(O)OP(=O)(O)O)S[C@H]1N1C=CC(=O)CC1=O.Cc1nc2c(ncn2[C@@H]2S[C@H](COP(=O)(O)OP(=O)(O)OP(=O)(O)O)[C@@H](O)[C@H]2O)c(=O)[nH]1.O=C1C=CN([C@@H]2S[C@H](COP(=O)(O)OP(=O)(O)OP(=O)(O)O)[C@@H](O)[C@H]2O)C(=O)C1. The van der Waals surface area contributed by atoms with Gasteiger partial charge in [0.15, 0.2) is 22.7 Å². The summed E-state index contributed by atoms with van der Waals surface area (Å²) in [5.41, 5.74) is -2.37. The maximum Gasteiger partial charge on any atom is 0.490 e. The van der Waals surface area contributed by atoms with Crippen molar-refractivity contribution < 1.29 is 189 Å². The van der Waals surface area contributed by atoms with Gasteiger partial charge in [-0.05, 0) is 26.0 Å². The molecule has 2 aromatic rings. The van der Waals surface area contributed by atoms with E-state index in [1.807, 2.05) is 0 Å². The number of amides is 2. The fourth-order valence-electron chi connectivity index (χ4n) is 7.73. The Morgan fingerprint density at radius 1 is 0.543 bits per heavy atom. The molecule has 2 aromatic heterocycles. The lowest BCUT2D eigenvalue weighted by Gasteiger charge is -2.35. The number of fused-ring (bicyclic) bond motifs is 1. The lowest BCUT2D eigenvalue weighted by molar-refractivity contribution is -0.139. The monoisotopic (exact) mass is 1570 g/mol. The predicted octanol–water partition coefficient (Wildman–Crippen LogP) is -2.25. The van der Waals surface area contributed by atoms with E-state index in [1.54, 1.807) is 0 Å². The molecule has 526 valence electrons. The van der Waals surface area contributed by atoms with E-state index in [2.05, 4.69) is 54.4 Å². The van der Waals surface area contributed by atoms with Crippen LogP contribution in [0.25, 0.3) is 11.2 Å². The molecule has 0 aromatic carbocycles. The van der Waals surface area contributed by atoms with Crippen LogP contribution in [0.3, 0.4) is 0 Å². The minimum Gasteiger partial charge on any atom is -0.389 e. The average molecular weight is 1570 g/mol. The van der Waals surface area contributed by atoms with Gasteiger partial charge in [0.1, 0.15) is 39.8 Å². The maximum absolute atomic E-state index is 12.1. The molecule has 92 heavy (non-hydrogen) atoms. The number of hydrogen-bond acceptors (Lipinski definition) is 34. The minimum atomic E-state index is -5.70. The molecule has 5 aliphatic rings. The molecule has 6 unspecified atom stereocenters. The number of allylic oxidation sites excluding steroid dienone is 2. The van der Waals surface area contributed by atoms with Crippen LogP contribution < -0.4 is 5.56 Å². The van der Waals surface area contributed by atoms with Gasteiger partial charge in [0.25, 0.3) is 5.56 Å². The van der Waals surface area contributed by atoms with Gasteiger partial charge in [-0.15, -0.1) is 35.3 Å². The number of aromatic amines is 1. The molecular formula is C33H55N6O41P9S3. The number of rotatable bonds is 24. The Kier molecular flexibility index (Phi) is 27.9. The smallest absolute Gasteiger partial charge is 0.389 e. The highest BCUT2D eigenvalue weighted by atomic mass is 32.2. The molecule has 3 fully saturated rings. The van der Waals surface area contributed by atoms with Gasteiger partial charge in [0.2, 0.25) is 11.8 Å². The van der Waals surface area contributed by atoms with Crippen molar-refractivity contribution in [2.45, 2.75) is 102 Å². The van der Waals surface area contributed by atoms with Crippen molar-refractivity contribution in [3.8, 4) is 0 Å². The first-order chi connectivity index (χ1) is 41.1. The summed E-state index contributed by atoms with van der Waals surface area (Å²) in [6.07, 6.45) is -2.97. The van der Waals surface area contributed by atoms with Gasteiger partial charge in [0, 0.05) is 12.4 Å². The van der Waals surface area contributed by atoms with Gasteiger partial charge in [-0.2, -0.15) is 25.9 Å². The van der Waals surface area contributed by atoms with E-state index in [1.165, 1.54) is 24.7 Å². The van der Waals surface area contributed by atoms with Crippen molar-refractivity contribution in [1.82, 2.24) is 29.3 Å². The molecule has 18 atom stereocenters. The number of carbonyl (C=O) groups is 4. The number of aromatic nitrogens is 4. The van der Waals surface area contributed by atoms with Crippen molar-refractivity contribution in [3.63, 3.8) is 0 Å². The van der Waals surface area contributed by atoms with Gasteiger partial charge in [-0.3, -0.25) is 42.1 Å². The van der Waals surface area contributed by atoms with Crippen LogP contribution >= 0.6 is 106 Å². The number of hydrogen-bond donors (Lipinski definition) is 19.